The first-order valence-corrected chi connectivity index (χ1v) is 9.09. The normalized spacial score (nSPS) is 16.3. The lowest BCUT2D eigenvalue weighted by atomic mass is 9.87. The Morgan fingerprint density at radius 3 is 2.58 bits per heavy atom. The van der Waals surface area contributed by atoms with Gasteiger partial charge in [-0.2, -0.15) is 0 Å². The predicted molar refractivity (Wildman–Crippen MR) is 98.0 cm³/mol. The van der Waals surface area contributed by atoms with E-state index in [-0.39, 0.29) is 30.6 Å². The van der Waals surface area contributed by atoms with Gasteiger partial charge < -0.3 is 5.32 Å². The summed E-state index contributed by atoms with van der Waals surface area (Å²) in [5.74, 6) is -0.0520. The van der Waals surface area contributed by atoms with Crippen molar-refractivity contribution in [3.8, 4) is 0 Å². The zero-order chi connectivity index (χ0) is 16.9. The number of hydrogen-bond donors (Lipinski definition) is 1. The highest BCUT2D eigenvalue weighted by molar-refractivity contribution is 9.10. The zero-order valence-corrected chi connectivity index (χ0v) is 15.0. The van der Waals surface area contributed by atoms with E-state index in [1.165, 1.54) is 11.1 Å². The molecule has 124 valence electrons. The first-order valence-electron chi connectivity index (χ1n) is 8.29. The highest BCUT2D eigenvalue weighted by atomic mass is 79.9. The van der Waals surface area contributed by atoms with Crippen LogP contribution in [0, 0.1) is 0 Å². The van der Waals surface area contributed by atoms with Crippen molar-refractivity contribution in [1.29, 1.82) is 0 Å². The van der Waals surface area contributed by atoms with Crippen LogP contribution < -0.4 is 5.32 Å². The molecule has 1 aliphatic rings. The van der Waals surface area contributed by atoms with E-state index in [9.17, 15) is 9.59 Å². The molecule has 2 aromatic carbocycles. The average Bonchev–Trinajstić information content (AvgIpc) is 2.61. The van der Waals surface area contributed by atoms with Crippen LogP contribution in [0.2, 0.25) is 0 Å². The number of amides is 1. The smallest absolute Gasteiger partial charge is 0.220 e. The summed E-state index contributed by atoms with van der Waals surface area (Å²) in [5, 5.41) is 3.09. The van der Waals surface area contributed by atoms with E-state index in [0.717, 1.165) is 23.7 Å². The van der Waals surface area contributed by atoms with Gasteiger partial charge in [0.15, 0.2) is 5.78 Å². The van der Waals surface area contributed by atoms with Crippen molar-refractivity contribution in [3.63, 3.8) is 0 Å². The van der Waals surface area contributed by atoms with Crippen LogP contribution in [0.25, 0.3) is 0 Å². The second kappa shape index (κ2) is 7.75. The second-order valence-corrected chi connectivity index (χ2v) is 7.06. The Morgan fingerprint density at radius 1 is 1.04 bits per heavy atom. The number of Topliss-reactive ketones (excluding diaryl/α,β-unsaturated/α-hetero) is 1. The molecule has 3 rings (SSSR count). The summed E-state index contributed by atoms with van der Waals surface area (Å²) in [6.07, 6.45) is 3.59. The third-order valence-electron chi connectivity index (χ3n) is 4.45. The molecule has 2 aromatic rings. The van der Waals surface area contributed by atoms with Crippen molar-refractivity contribution < 1.29 is 9.59 Å². The Labute approximate surface area is 150 Å². The maximum absolute atomic E-state index is 12.2. The number of benzene rings is 2. The first-order chi connectivity index (χ1) is 11.6. The third-order valence-corrected chi connectivity index (χ3v) is 4.98. The number of hydrogen-bond acceptors (Lipinski definition) is 2. The molecule has 24 heavy (non-hydrogen) atoms. The highest BCUT2D eigenvalue weighted by Gasteiger charge is 2.21. The SMILES string of the molecule is O=C(CCC(=O)c1ccc(Br)cc1)NC1CCCc2ccccc21. The second-order valence-electron chi connectivity index (χ2n) is 6.14. The van der Waals surface area contributed by atoms with E-state index in [4.69, 9.17) is 0 Å². The molecule has 0 aromatic heterocycles. The number of halogens is 1. The molecule has 4 heteroatoms. The Hall–Kier alpha value is -1.94. The summed E-state index contributed by atoms with van der Waals surface area (Å²) < 4.78 is 0.938. The summed E-state index contributed by atoms with van der Waals surface area (Å²) in [4.78, 5) is 24.4. The van der Waals surface area contributed by atoms with Gasteiger partial charge in [0.05, 0.1) is 6.04 Å². The van der Waals surface area contributed by atoms with Crippen LogP contribution in [0.5, 0.6) is 0 Å². The number of aryl methyl sites for hydroxylation is 1. The van der Waals surface area contributed by atoms with Crippen LogP contribution in [-0.4, -0.2) is 11.7 Å². The van der Waals surface area contributed by atoms with Gasteiger partial charge >= 0.3 is 0 Å². The summed E-state index contributed by atoms with van der Waals surface area (Å²) in [6, 6.07) is 15.6. The van der Waals surface area contributed by atoms with Crippen LogP contribution in [0.1, 0.15) is 53.2 Å². The maximum atomic E-state index is 12.2. The summed E-state index contributed by atoms with van der Waals surface area (Å²) >= 11 is 3.35. The minimum absolute atomic E-state index is 0.00157. The molecule has 1 unspecified atom stereocenters. The molecule has 0 heterocycles. The monoisotopic (exact) mass is 385 g/mol. The Bertz CT molecular complexity index is 740. The van der Waals surface area contributed by atoms with Crippen molar-refractivity contribution in [3.05, 3.63) is 69.7 Å². The van der Waals surface area contributed by atoms with Crippen LogP contribution in [0.4, 0.5) is 0 Å². The fourth-order valence-electron chi connectivity index (χ4n) is 3.18. The van der Waals surface area contributed by atoms with Crippen LogP contribution in [0.15, 0.2) is 53.0 Å². The van der Waals surface area contributed by atoms with Crippen molar-refractivity contribution in [2.45, 2.75) is 38.1 Å². The number of carbonyl (C=O) groups excluding carboxylic acids is 2. The van der Waals surface area contributed by atoms with Crippen molar-refractivity contribution in [1.82, 2.24) is 5.32 Å². The minimum Gasteiger partial charge on any atom is -0.349 e. The lowest BCUT2D eigenvalue weighted by Gasteiger charge is -2.26. The van der Waals surface area contributed by atoms with Gasteiger partial charge in [-0.25, -0.2) is 0 Å². The van der Waals surface area contributed by atoms with Gasteiger partial charge in [0.25, 0.3) is 0 Å². The minimum atomic E-state index is -0.0536. The standard InChI is InChI=1S/C20H20BrNO2/c21-16-10-8-15(9-11-16)19(23)12-13-20(24)22-18-7-3-5-14-4-1-2-6-17(14)18/h1-2,4,6,8-11,18H,3,5,7,12-13H2,(H,22,24). The molecular formula is C20H20BrNO2. The zero-order valence-electron chi connectivity index (χ0n) is 13.4. The predicted octanol–water partition coefficient (Wildman–Crippen LogP) is 4.61. The third kappa shape index (κ3) is 4.12. The summed E-state index contributed by atoms with van der Waals surface area (Å²) in [7, 11) is 0. The van der Waals surface area contributed by atoms with Gasteiger partial charge in [-0.15, -0.1) is 0 Å². The van der Waals surface area contributed by atoms with E-state index < -0.39 is 0 Å². The van der Waals surface area contributed by atoms with Gasteiger partial charge in [-0.1, -0.05) is 52.3 Å². The molecule has 1 atom stereocenters. The van der Waals surface area contributed by atoms with Gasteiger partial charge in [0, 0.05) is 22.9 Å². The highest BCUT2D eigenvalue weighted by Crippen LogP contribution is 2.29. The van der Waals surface area contributed by atoms with Gasteiger partial charge in [-0.05, 0) is 42.5 Å². The van der Waals surface area contributed by atoms with Crippen molar-refractivity contribution in [2.24, 2.45) is 0 Å². The van der Waals surface area contributed by atoms with Gasteiger partial charge in [-0.3, -0.25) is 9.59 Å². The molecule has 0 fully saturated rings. The molecular weight excluding hydrogens is 366 g/mol. The molecule has 1 amide bonds. The molecule has 0 bridgehead atoms. The Balaban J connectivity index is 1.55. The Morgan fingerprint density at radius 2 is 1.79 bits per heavy atom. The lowest BCUT2D eigenvalue weighted by Crippen LogP contribution is -2.31. The lowest BCUT2D eigenvalue weighted by molar-refractivity contribution is -0.121. The van der Waals surface area contributed by atoms with E-state index in [1.54, 1.807) is 12.1 Å². The molecule has 0 aliphatic heterocycles. The molecule has 0 radical (unpaired) electrons. The molecule has 0 spiro atoms. The van der Waals surface area contributed by atoms with E-state index in [2.05, 4.69) is 33.4 Å². The average molecular weight is 386 g/mol. The summed E-state index contributed by atoms with van der Waals surface area (Å²) in [6.45, 7) is 0. The quantitative estimate of drug-likeness (QED) is 0.763. The van der Waals surface area contributed by atoms with Crippen molar-refractivity contribution in [2.75, 3.05) is 0 Å². The fraction of sp³-hybridized carbons (Fsp3) is 0.300. The van der Waals surface area contributed by atoms with E-state index >= 15 is 0 Å². The number of ketones is 1. The number of rotatable bonds is 5. The molecule has 1 aliphatic carbocycles. The number of nitrogens with one attached hydrogen (secondary N) is 1. The molecule has 0 saturated heterocycles. The van der Waals surface area contributed by atoms with Crippen LogP contribution in [-0.2, 0) is 11.2 Å². The van der Waals surface area contributed by atoms with Gasteiger partial charge in [0.2, 0.25) is 5.91 Å². The number of carbonyl (C=O) groups is 2. The first kappa shape index (κ1) is 16.9. The van der Waals surface area contributed by atoms with E-state index in [0.29, 0.717) is 5.56 Å². The largest absolute Gasteiger partial charge is 0.349 e. The molecule has 1 N–H and O–H groups in total. The molecule has 0 saturated carbocycles. The van der Waals surface area contributed by atoms with Crippen LogP contribution in [0.3, 0.4) is 0 Å². The summed E-state index contributed by atoms with van der Waals surface area (Å²) in [5.41, 5.74) is 3.19. The van der Waals surface area contributed by atoms with Gasteiger partial charge in [0.1, 0.15) is 0 Å². The Kier molecular flexibility index (Phi) is 5.46. The fourth-order valence-corrected chi connectivity index (χ4v) is 3.44. The van der Waals surface area contributed by atoms with Crippen LogP contribution >= 0.6 is 15.9 Å². The number of fused-ring (bicyclic) bond motifs is 1. The van der Waals surface area contributed by atoms with E-state index in [1.807, 2.05) is 24.3 Å². The molecule has 3 nitrogen and oxygen atoms in total. The maximum Gasteiger partial charge on any atom is 0.220 e. The van der Waals surface area contributed by atoms with Crippen molar-refractivity contribution >= 4 is 27.6 Å². The topological polar surface area (TPSA) is 46.2 Å².